The van der Waals surface area contributed by atoms with Gasteiger partial charge in [0.25, 0.3) is 11.8 Å². The Morgan fingerprint density at radius 3 is 2.30 bits per heavy atom. The summed E-state index contributed by atoms with van der Waals surface area (Å²) in [5.74, 6) is -0.830. The number of carbonyl (C=O) groups is 3. The quantitative estimate of drug-likeness (QED) is 0.433. The first kappa shape index (κ1) is 22.7. The summed E-state index contributed by atoms with van der Waals surface area (Å²) >= 11 is 1.27. The number of hydrogen-bond acceptors (Lipinski definition) is 7. The Labute approximate surface area is 194 Å². The van der Waals surface area contributed by atoms with Crippen LogP contribution in [-0.2, 0) is 4.79 Å². The van der Waals surface area contributed by atoms with Gasteiger partial charge in [-0.3, -0.25) is 19.4 Å². The minimum Gasteiger partial charge on any atom is -0.490 e. The summed E-state index contributed by atoms with van der Waals surface area (Å²) < 4.78 is 5.93. The predicted molar refractivity (Wildman–Crippen MR) is 123 cm³/mol. The minimum atomic E-state index is -0.738. The molecule has 0 bridgehead atoms. The molecule has 1 aliphatic rings. The number of rotatable bonds is 8. The lowest BCUT2D eigenvalue weighted by atomic mass is 9.87. The van der Waals surface area contributed by atoms with Crippen LogP contribution in [-0.4, -0.2) is 52.1 Å². The lowest BCUT2D eigenvalue weighted by molar-refractivity contribution is -0.143. The molecule has 1 aliphatic carbocycles. The van der Waals surface area contributed by atoms with Gasteiger partial charge >= 0.3 is 5.97 Å². The van der Waals surface area contributed by atoms with Crippen LogP contribution in [0.25, 0.3) is 10.3 Å². The molecule has 1 fully saturated rings. The van der Waals surface area contributed by atoms with Gasteiger partial charge in [0.2, 0.25) is 0 Å². The molecule has 2 aromatic heterocycles. The maximum atomic E-state index is 12.3. The first-order valence-corrected chi connectivity index (χ1v) is 11.6. The van der Waals surface area contributed by atoms with Crippen LogP contribution in [0, 0.1) is 5.92 Å². The van der Waals surface area contributed by atoms with Crippen LogP contribution >= 0.6 is 11.3 Å². The fraction of sp³-hybridized carbons (Fsp3) is 0.348. The third-order valence-corrected chi connectivity index (χ3v) is 6.56. The minimum absolute atomic E-state index is 0.00334. The Morgan fingerprint density at radius 2 is 1.64 bits per heavy atom. The Bertz CT molecular complexity index is 1110. The second-order valence-electron chi connectivity index (χ2n) is 7.82. The molecular weight excluding hydrogens is 444 g/mol. The number of ether oxygens (including phenoxy) is 1. The lowest BCUT2D eigenvalue weighted by Crippen LogP contribution is -2.34. The van der Waals surface area contributed by atoms with Crippen molar-refractivity contribution in [2.75, 3.05) is 13.1 Å². The normalized spacial score (nSPS) is 17.9. The van der Waals surface area contributed by atoms with E-state index in [0.29, 0.717) is 58.8 Å². The summed E-state index contributed by atoms with van der Waals surface area (Å²) in [6, 6.07) is 8.54. The summed E-state index contributed by atoms with van der Waals surface area (Å²) in [6.45, 7) is 0.580. The number of aliphatic carboxylic acids is 1. The van der Waals surface area contributed by atoms with E-state index in [0.717, 1.165) is 0 Å². The van der Waals surface area contributed by atoms with E-state index in [9.17, 15) is 14.4 Å². The van der Waals surface area contributed by atoms with Crippen molar-refractivity contribution >= 4 is 39.5 Å². The number of nitrogens with one attached hydrogen (secondary N) is 2. The molecule has 4 rings (SSSR count). The van der Waals surface area contributed by atoms with E-state index < -0.39 is 5.97 Å². The molecule has 2 amide bonds. The van der Waals surface area contributed by atoms with Crippen LogP contribution in [0.2, 0.25) is 0 Å². The second-order valence-corrected chi connectivity index (χ2v) is 8.85. The van der Waals surface area contributed by atoms with Crippen LogP contribution in [0.4, 0.5) is 0 Å². The third kappa shape index (κ3) is 5.83. The molecule has 0 saturated heterocycles. The molecule has 0 radical (unpaired) electrons. The van der Waals surface area contributed by atoms with Crippen LogP contribution in [0.1, 0.15) is 45.7 Å². The van der Waals surface area contributed by atoms with Crippen molar-refractivity contribution in [1.82, 2.24) is 20.6 Å². The van der Waals surface area contributed by atoms with Gasteiger partial charge in [-0.15, -0.1) is 11.3 Å². The van der Waals surface area contributed by atoms with Gasteiger partial charge in [-0.2, -0.15) is 0 Å². The number of carboxylic acid groups (broad SMARTS) is 1. The van der Waals surface area contributed by atoms with E-state index in [1.165, 1.54) is 11.3 Å². The van der Waals surface area contributed by atoms with E-state index in [4.69, 9.17) is 9.84 Å². The van der Waals surface area contributed by atoms with Crippen LogP contribution in [0.15, 0.2) is 42.7 Å². The van der Waals surface area contributed by atoms with Crippen LogP contribution < -0.4 is 15.4 Å². The molecule has 0 unspecified atom stereocenters. The Morgan fingerprint density at radius 1 is 0.970 bits per heavy atom. The van der Waals surface area contributed by atoms with Crippen molar-refractivity contribution < 1.29 is 24.2 Å². The summed E-state index contributed by atoms with van der Waals surface area (Å²) in [4.78, 5) is 45.2. The molecule has 1 saturated carbocycles. The Balaban J connectivity index is 1.19. The molecule has 3 N–H and O–H groups in total. The number of thiophene rings is 1. The number of hydrogen-bond donors (Lipinski definition) is 3. The first-order chi connectivity index (χ1) is 16.0. The maximum Gasteiger partial charge on any atom is 0.306 e. The fourth-order valence-electron chi connectivity index (χ4n) is 3.73. The molecule has 0 aliphatic heterocycles. The summed E-state index contributed by atoms with van der Waals surface area (Å²) in [5.41, 5.74) is 1.17. The zero-order valence-electron chi connectivity index (χ0n) is 17.8. The van der Waals surface area contributed by atoms with E-state index in [-0.39, 0.29) is 30.4 Å². The van der Waals surface area contributed by atoms with Gasteiger partial charge < -0.3 is 20.5 Å². The second kappa shape index (κ2) is 10.4. The summed E-state index contributed by atoms with van der Waals surface area (Å²) in [7, 11) is 0. The Hall–Kier alpha value is -3.53. The molecule has 10 heteroatoms. The SMILES string of the molecule is O=C(NCCNC(=O)c1cc2nccnc2s1)c1ccc(O[C@H]2CC[C@@H](C(=O)O)CC2)cc1. The molecular formula is C23H24N4O5S. The van der Waals surface area contributed by atoms with Crippen LogP contribution in [0.3, 0.4) is 0 Å². The topological polar surface area (TPSA) is 131 Å². The summed E-state index contributed by atoms with van der Waals surface area (Å²) in [5, 5.41) is 14.6. The van der Waals surface area contributed by atoms with Gasteiger partial charge in [-0.1, -0.05) is 0 Å². The van der Waals surface area contributed by atoms with Crippen LogP contribution in [0.5, 0.6) is 5.75 Å². The number of nitrogens with zero attached hydrogens (tertiary/aromatic N) is 2. The standard InChI is InChI=1S/C23H24N4O5S/c28-20(25-10-11-26-21(29)19-13-18-22(33-19)27-12-9-24-18)14-1-5-16(6-2-14)32-17-7-3-15(4-8-17)23(30)31/h1-2,5-6,9,12-13,15,17H,3-4,7-8,10-11H2,(H,25,28)(H,26,29)(H,30,31)/t15-,17+. The van der Waals surface area contributed by atoms with Gasteiger partial charge in [0.15, 0.2) is 0 Å². The molecule has 0 spiro atoms. The highest BCUT2D eigenvalue weighted by Gasteiger charge is 2.26. The third-order valence-electron chi connectivity index (χ3n) is 5.53. The fourth-order valence-corrected chi connectivity index (χ4v) is 4.60. The van der Waals surface area contributed by atoms with Crippen molar-refractivity contribution in [2.24, 2.45) is 5.92 Å². The monoisotopic (exact) mass is 468 g/mol. The molecule has 3 aromatic rings. The number of carbonyl (C=O) groups excluding carboxylic acids is 2. The molecule has 1 aromatic carbocycles. The number of amides is 2. The van der Waals surface area contributed by atoms with E-state index in [1.807, 2.05) is 0 Å². The highest BCUT2D eigenvalue weighted by Crippen LogP contribution is 2.28. The van der Waals surface area contributed by atoms with E-state index in [2.05, 4.69) is 20.6 Å². The number of aromatic nitrogens is 2. The zero-order valence-corrected chi connectivity index (χ0v) is 18.6. The number of fused-ring (bicyclic) bond motifs is 1. The smallest absolute Gasteiger partial charge is 0.306 e. The van der Waals surface area contributed by atoms with Crippen molar-refractivity contribution in [3.05, 3.63) is 53.2 Å². The predicted octanol–water partition coefficient (Wildman–Crippen LogP) is 2.87. The highest BCUT2D eigenvalue weighted by atomic mass is 32.1. The lowest BCUT2D eigenvalue weighted by Gasteiger charge is -2.26. The largest absolute Gasteiger partial charge is 0.490 e. The highest BCUT2D eigenvalue weighted by molar-refractivity contribution is 7.20. The maximum absolute atomic E-state index is 12.3. The van der Waals surface area contributed by atoms with Gasteiger partial charge in [0, 0.05) is 31.0 Å². The molecule has 0 atom stereocenters. The Kier molecular flexibility index (Phi) is 7.13. The molecule has 2 heterocycles. The average Bonchev–Trinajstić information content (AvgIpc) is 3.27. The van der Waals surface area contributed by atoms with Gasteiger partial charge in [-0.25, -0.2) is 4.98 Å². The van der Waals surface area contributed by atoms with Gasteiger partial charge in [0.05, 0.1) is 16.9 Å². The van der Waals surface area contributed by atoms with Gasteiger partial charge in [-0.05, 0) is 56.0 Å². The van der Waals surface area contributed by atoms with Crippen molar-refractivity contribution in [1.29, 1.82) is 0 Å². The molecule has 172 valence electrons. The van der Waals surface area contributed by atoms with Crippen molar-refractivity contribution in [3.8, 4) is 5.75 Å². The first-order valence-electron chi connectivity index (χ1n) is 10.8. The van der Waals surface area contributed by atoms with Crippen molar-refractivity contribution in [3.63, 3.8) is 0 Å². The molecule has 9 nitrogen and oxygen atoms in total. The number of carboxylic acids is 1. The number of benzene rings is 1. The zero-order chi connectivity index (χ0) is 23.2. The average molecular weight is 469 g/mol. The van der Waals surface area contributed by atoms with Gasteiger partial charge in [0.1, 0.15) is 16.1 Å². The van der Waals surface area contributed by atoms with Crippen molar-refractivity contribution in [2.45, 2.75) is 31.8 Å². The molecule has 33 heavy (non-hydrogen) atoms. The summed E-state index contributed by atoms with van der Waals surface area (Å²) in [6.07, 6.45) is 5.81. The van der Waals surface area contributed by atoms with E-state index >= 15 is 0 Å². The van der Waals surface area contributed by atoms with E-state index in [1.54, 1.807) is 42.7 Å².